The van der Waals surface area contributed by atoms with Crippen molar-refractivity contribution in [1.82, 2.24) is 10.2 Å². The highest BCUT2D eigenvalue weighted by Crippen LogP contribution is 2.20. The standard InChI is InChI=1S/C17H24N2O/c1-18-15-8-11-19(12-9-15)10-4-6-16-13-14-5-2-3-7-17(14)20-16/h2-3,5,7,13,15,18H,4,6,8-12H2,1H3. The van der Waals surface area contributed by atoms with Crippen molar-refractivity contribution in [3.8, 4) is 0 Å². The van der Waals surface area contributed by atoms with Gasteiger partial charge in [-0.2, -0.15) is 0 Å². The van der Waals surface area contributed by atoms with Gasteiger partial charge in [0.2, 0.25) is 0 Å². The van der Waals surface area contributed by atoms with Crippen LogP contribution in [0.3, 0.4) is 0 Å². The second kappa shape index (κ2) is 6.42. The van der Waals surface area contributed by atoms with E-state index in [1.54, 1.807) is 0 Å². The minimum absolute atomic E-state index is 0.724. The van der Waals surface area contributed by atoms with Gasteiger partial charge in [-0.15, -0.1) is 0 Å². The van der Waals surface area contributed by atoms with Crippen LogP contribution in [0, 0.1) is 0 Å². The van der Waals surface area contributed by atoms with Crippen LogP contribution in [0.5, 0.6) is 0 Å². The summed E-state index contributed by atoms with van der Waals surface area (Å²) < 4.78 is 5.86. The van der Waals surface area contributed by atoms with Crippen molar-refractivity contribution in [2.24, 2.45) is 0 Å². The van der Waals surface area contributed by atoms with Gasteiger partial charge in [0.05, 0.1) is 0 Å². The monoisotopic (exact) mass is 272 g/mol. The normalized spacial score (nSPS) is 17.9. The number of furan rings is 1. The highest BCUT2D eigenvalue weighted by Gasteiger charge is 2.17. The van der Waals surface area contributed by atoms with E-state index in [2.05, 4.69) is 35.5 Å². The molecule has 0 spiro atoms. The van der Waals surface area contributed by atoms with Gasteiger partial charge in [0, 0.05) is 17.8 Å². The van der Waals surface area contributed by atoms with Crippen molar-refractivity contribution in [2.45, 2.75) is 31.7 Å². The maximum atomic E-state index is 5.86. The molecule has 108 valence electrons. The van der Waals surface area contributed by atoms with Gasteiger partial charge in [-0.25, -0.2) is 0 Å². The summed E-state index contributed by atoms with van der Waals surface area (Å²) in [5, 5.41) is 4.60. The first-order valence-corrected chi connectivity index (χ1v) is 7.72. The predicted octanol–water partition coefficient (Wildman–Crippen LogP) is 3.05. The first-order valence-electron chi connectivity index (χ1n) is 7.72. The molecule has 1 fully saturated rings. The minimum Gasteiger partial charge on any atom is -0.461 e. The van der Waals surface area contributed by atoms with Gasteiger partial charge in [-0.1, -0.05) is 18.2 Å². The van der Waals surface area contributed by atoms with E-state index in [0.29, 0.717) is 0 Å². The summed E-state index contributed by atoms with van der Waals surface area (Å²) in [5.74, 6) is 1.12. The molecule has 1 aliphatic heterocycles. The summed E-state index contributed by atoms with van der Waals surface area (Å²) in [7, 11) is 2.07. The van der Waals surface area contributed by atoms with E-state index in [9.17, 15) is 0 Å². The van der Waals surface area contributed by atoms with Crippen LogP contribution in [-0.4, -0.2) is 37.6 Å². The Morgan fingerprint density at radius 3 is 2.80 bits per heavy atom. The second-order valence-electron chi connectivity index (χ2n) is 5.76. The number of benzene rings is 1. The number of rotatable bonds is 5. The molecule has 1 aromatic heterocycles. The lowest BCUT2D eigenvalue weighted by Crippen LogP contribution is -2.41. The van der Waals surface area contributed by atoms with Gasteiger partial charge in [-0.3, -0.25) is 0 Å². The number of hydrogen-bond donors (Lipinski definition) is 1. The number of para-hydroxylation sites is 1. The van der Waals surface area contributed by atoms with E-state index in [4.69, 9.17) is 4.42 Å². The van der Waals surface area contributed by atoms with Gasteiger partial charge in [-0.05, 0) is 58.1 Å². The second-order valence-corrected chi connectivity index (χ2v) is 5.76. The zero-order valence-electron chi connectivity index (χ0n) is 12.3. The summed E-state index contributed by atoms with van der Waals surface area (Å²) in [5.41, 5.74) is 1.01. The van der Waals surface area contributed by atoms with E-state index in [0.717, 1.165) is 23.8 Å². The van der Waals surface area contributed by atoms with Crippen LogP contribution in [-0.2, 0) is 6.42 Å². The lowest BCUT2D eigenvalue weighted by atomic mass is 10.1. The topological polar surface area (TPSA) is 28.4 Å². The molecule has 0 amide bonds. The molecule has 2 heterocycles. The average Bonchev–Trinajstić information content (AvgIpc) is 2.90. The Kier molecular flexibility index (Phi) is 4.38. The lowest BCUT2D eigenvalue weighted by molar-refractivity contribution is 0.199. The molecule has 0 atom stereocenters. The Bertz CT molecular complexity index is 508. The molecule has 2 aromatic rings. The number of nitrogens with one attached hydrogen (secondary N) is 1. The largest absolute Gasteiger partial charge is 0.461 e. The van der Waals surface area contributed by atoms with E-state index in [1.165, 1.54) is 44.3 Å². The molecule has 0 bridgehead atoms. The van der Waals surface area contributed by atoms with Crippen molar-refractivity contribution in [2.75, 3.05) is 26.7 Å². The number of fused-ring (bicyclic) bond motifs is 1. The van der Waals surface area contributed by atoms with Crippen LogP contribution < -0.4 is 5.32 Å². The maximum Gasteiger partial charge on any atom is 0.134 e. The molecule has 1 saturated heterocycles. The third kappa shape index (κ3) is 3.22. The quantitative estimate of drug-likeness (QED) is 0.907. The molecule has 1 N–H and O–H groups in total. The molecule has 3 heteroatoms. The molecule has 1 aliphatic rings. The summed E-state index contributed by atoms with van der Waals surface area (Å²) in [6.07, 6.45) is 4.78. The molecule has 1 aromatic carbocycles. The Morgan fingerprint density at radius 2 is 2.05 bits per heavy atom. The van der Waals surface area contributed by atoms with Crippen molar-refractivity contribution < 1.29 is 4.42 Å². The number of aryl methyl sites for hydroxylation is 1. The number of likely N-dealkylation sites (tertiary alicyclic amines) is 1. The third-order valence-corrected chi connectivity index (χ3v) is 4.37. The fourth-order valence-electron chi connectivity index (χ4n) is 3.08. The molecule has 0 saturated carbocycles. The summed E-state index contributed by atoms with van der Waals surface area (Å²) in [6, 6.07) is 11.2. The Balaban J connectivity index is 1.46. The van der Waals surface area contributed by atoms with Crippen molar-refractivity contribution in [3.63, 3.8) is 0 Å². The number of piperidine rings is 1. The van der Waals surface area contributed by atoms with Gasteiger partial charge >= 0.3 is 0 Å². The van der Waals surface area contributed by atoms with Crippen LogP contribution in [0.25, 0.3) is 11.0 Å². The fraction of sp³-hybridized carbons (Fsp3) is 0.529. The van der Waals surface area contributed by atoms with Crippen molar-refractivity contribution in [1.29, 1.82) is 0 Å². The maximum absolute atomic E-state index is 5.86. The number of nitrogens with zero attached hydrogens (tertiary/aromatic N) is 1. The molecule has 3 nitrogen and oxygen atoms in total. The highest BCUT2D eigenvalue weighted by atomic mass is 16.3. The average molecular weight is 272 g/mol. The van der Waals surface area contributed by atoms with E-state index in [-0.39, 0.29) is 0 Å². The van der Waals surface area contributed by atoms with Gasteiger partial charge < -0.3 is 14.6 Å². The summed E-state index contributed by atoms with van der Waals surface area (Å²) >= 11 is 0. The van der Waals surface area contributed by atoms with Crippen LogP contribution in [0.15, 0.2) is 34.7 Å². The number of hydrogen-bond acceptors (Lipinski definition) is 3. The molecule has 0 radical (unpaired) electrons. The molecule has 0 aliphatic carbocycles. The molecule has 20 heavy (non-hydrogen) atoms. The highest BCUT2D eigenvalue weighted by molar-refractivity contribution is 5.77. The van der Waals surface area contributed by atoms with Crippen LogP contribution in [0.1, 0.15) is 25.0 Å². The predicted molar refractivity (Wildman–Crippen MR) is 83.1 cm³/mol. The first-order chi connectivity index (χ1) is 9.85. The summed E-state index contributed by atoms with van der Waals surface area (Å²) in [6.45, 7) is 3.64. The van der Waals surface area contributed by atoms with E-state index in [1.807, 2.05) is 12.1 Å². The van der Waals surface area contributed by atoms with E-state index >= 15 is 0 Å². The third-order valence-electron chi connectivity index (χ3n) is 4.37. The summed E-state index contributed by atoms with van der Waals surface area (Å²) in [4.78, 5) is 2.58. The molecule has 3 rings (SSSR count). The lowest BCUT2D eigenvalue weighted by Gasteiger charge is -2.31. The SMILES string of the molecule is CNC1CCN(CCCc2cc3ccccc3o2)CC1. The Labute approximate surface area is 120 Å². The van der Waals surface area contributed by atoms with Gasteiger partial charge in [0.1, 0.15) is 11.3 Å². The Morgan fingerprint density at radius 1 is 1.25 bits per heavy atom. The van der Waals surface area contributed by atoms with Gasteiger partial charge in [0.15, 0.2) is 0 Å². The van der Waals surface area contributed by atoms with Crippen LogP contribution in [0.2, 0.25) is 0 Å². The molecular weight excluding hydrogens is 248 g/mol. The molecular formula is C17H24N2O. The van der Waals surface area contributed by atoms with Crippen molar-refractivity contribution in [3.05, 3.63) is 36.1 Å². The zero-order valence-corrected chi connectivity index (χ0v) is 12.3. The Hall–Kier alpha value is -1.32. The molecule has 0 unspecified atom stereocenters. The van der Waals surface area contributed by atoms with E-state index < -0.39 is 0 Å². The van der Waals surface area contributed by atoms with Crippen LogP contribution in [0.4, 0.5) is 0 Å². The van der Waals surface area contributed by atoms with Crippen molar-refractivity contribution >= 4 is 11.0 Å². The minimum atomic E-state index is 0.724. The fourth-order valence-corrected chi connectivity index (χ4v) is 3.08. The zero-order chi connectivity index (χ0) is 13.8. The first kappa shape index (κ1) is 13.7. The van der Waals surface area contributed by atoms with Crippen LogP contribution >= 0.6 is 0 Å². The van der Waals surface area contributed by atoms with Gasteiger partial charge in [0.25, 0.3) is 0 Å². The smallest absolute Gasteiger partial charge is 0.134 e.